The first-order valence-electron chi connectivity index (χ1n) is 46.7. The predicted octanol–water partition coefficient (Wildman–Crippen LogP) is -1.40. The smallest absolute Gasteiger partial charge is 0.286 e. The van der Waals surface area contributed by atoms with Crippen molar-refractivity contribution in [2.75, 3.05) is 58.4 Å². The summed E-state index contributed by atoms with van der Waals surface area (Å²) in [5, 5.41) is 57.5. The second kappa shape index (κ2) is 55.2. The molecule has 18 amide bonds. The molecule has 7 aromatic rings. The summed E-state index contributed by atoms with van der Waals surface area (Å²) in [7, 11) is 2.56. The van der Waals surface area contributed by atoms with E-state index in [2.05, 4.69) is 94.4 Å². The van der Waals surface area contributed by atoms with Gasteiger partial charge >= 0.3 is 0 Å². The van der Waals surface area contributed by atoms with Gasteiger partial charge in [0.15, 0.2) is 11.7 Å². The number of imidazole rings is 1. The molecule has 46 heteroatoms. The highest BCUT2D eigenvalue weighted by Crippen LogP contribution is 2.26. The highest BCUT2D eigenvalue weighted by Gasteiger charge is 2.44. The molecule has 2 aliphatic rings. The van der Waals surface area contributed by atoms with Crippen LogP contribution in [0.1, 0.15) is 158 Å². The second-order valence-corrected chi connectivity index (χ2v) is 36.1. The maximum Gasteiger partial charge on any atom is 0.286 e. The van der Waals surface area contributed by atoms with Crippen molar-refractivity contribution in [1.29, 1.82) is 5.41 Å². The quantitative estimate of drug-likeness (QED) is 0.0140. The Morgan fingerprint density at radius 1 is 0.532 bits per heavy atom. The van der Waals surface area contributed by atoms with Crippen LogP contribution in [-0.2, 0) is 107 Å². The molecule has 0 spiro atoms. The third-order valence-corrected chi connectivity index (χ3v) is 25.1. The Hall–Kier alpha value is -14.7. The number of primary amides is 2. The van der Waals surface area contributed by atoms with Gasteiger partial charge in [-0.05, 0) is 105 Å². The number of nitrogens with two attached hydrogens (primary N) is 3. The topological polar surface area (TPSA) is 681 Å². The van der Waals surface area contributed by atoms with Gasteiger partial charge in [-0.25, -0.2) is 4.98 Å². The molecule has 4 aromatic heterocycles. The van der Waals surface area contributed by atoms with E-state index in [0.29, 0.717) is 69.9 Å². The van der Waals surface area contributed by atoms with Crippen molar-refractivity contribution < 1.29 is 95.8 Å². The standard InChI is InChI=1S/C94H129N25O20S.CH4/c1-8-10-26-62-81(126)107-63(29-19-34-101-94(97)98)82(127)116-72(80(125)104-47-77(96)122)49-140-50-78(123)106-68(39-54-22-13-12-14-23-54)91(136)117(6)53(5)79(124)113-70(43-76(95)121)93(138)119-36-20-31-74(119)89(134)112-67(42-57-46-99-51-105-57)86(131)110-65(38-52(3)4)84(129)108-64(33-35-100-90(135)75-32-21-37-139-75)83(128)111-66(40-55-44-102-60-27-17-15-24-58(55)60)85(130)115-71(48-120)87(132)114-69(41-56-45-103-61-28-18-16-25-59(56)61)92(137)118(7)73(30-11-9-2)88(133)109-62;/h12-18,21-25,27-28,32,37,44-46,51-53,62-74,102-103,120H,8-11,19-20,26,29-31,33-36,38-43,47-50H2,1-7H3,(H2,95,121)(H2,96,122)(H,99,105)(H,100,135)(H,104,125)(H,106,123)(H,107,126)(H,108,129)(H,109,133)(H,110,131)(H,111,128)(H,112,134)(H,113,124)(H,114,132)(H,115,130)(H,116,127)(H4,97,98,101);1H4/t53-,62-,63-,64-,65-,66-,67-,68-,69-,70-,71-,72-,73-,74-;/m0./s1. The van der Waals surface area contributed by atoms with Gasteiger partial charge in [-0.3, -0.25) is 91.7 Å². The minimum Gasteiger partial charge on any atom is -0.459 e. The molecule has 764 valence electrons. The number of unbranched alkanes of at least 4 members (excludes halogenated alkanes) is 2. The van der Waals surface area contributed by atoms with E-state index in [-0.39, 0.29) is 103 Å². The molecular formula is C95H133N25O20S. The number of amides is 18. The van der Waals surface area contributed by atoms with Crippen molar-refractivity contribution in [3.63, 3.8) is 0 Å². The third-order valence-electron chi connectivity index (χ3n) is 24.0. The predicted molar refractivity (Wildman–Crippen MR) is 522 cm³/mol. The van der Waals surface area contributed by atoms with Crippen LogP contribution < -0.4 is 91.6 Å². The number of para-hydroxylation sites is 2. The number of carbonyl (C=O) groups is 18. The summed E-state index contributed by atoms with van der Waals surface area (Å²) in [5.74, 6) is -19.1. The third kappa shape index (κ3) is 33.2. The van der Waals surface area contributed by atoms with Crippen LogP contribution in [0.2, 0.25) is 0 Å². The van der Waals surface area contributed by atoms with Gasteiger partial charge in [0.05, 0.1) is 37.9 Å². The van der Waals surface area contributed by atoms with Gasteiger partial charge < -0.3 is 131 Å². The molecule has 2 fully saturated rings. The number of nitrogens with one attached hydrogen (secondary N) is 18. The minimum absolute atomic E-state index is 0. The van der Waals surface area contributed by atoms with E-state index in [0.717, 1.165) is 26.5 Å². The van der Waals surface area contributed by atoms with Crippen molar-refractivity contribution in [3.8, 4) is 0 Å². The van der Waals surface area contributed by atoms with E-state index in [1.54, 1.807) is 105 Å². The number of likely N-dealkylation sites (N-methyl/N-ethyl adjacent to an activating group) is 2. The Bertz CT molecular complexity index is 5480. The fourth-order valence-corrected chi connectivity index (χ4v) is 17.2. The number of aromatic amines is 3. The van der Waals surface area contributed by atoms with Crippen molar-refractivity contribution in [1.82, 2.24) is 109 Å². The van der Waals surface area contributed by atoms with Gasteiger partial charge in [0.2, 0.25) is 100 Å². The van der Waals surface area contributed by atoms with Gasteiger partial charge in [0.25, 0.3) is 5.91 Å². The Balaban J connectivity index is 0.0000243. The number of aliphatic hydroxyl groups is 1. The largest absolute Gasteiger partial charge is 0.459 e. The molecule has 9 rings (SSSR count). The first-order chi connectivity index (χ1) is 66.9. The Kier molecular flexibility index (Phi) is 43.6. The Morgan fingerprint density at radius 3 is 1.65 bits per heavy atom. The number of rotatable bonds is 30. The van der Waals surface area contributed by atoms with E-state index in [4.69, 9.17) is 27.0 Å². The molecule has 14 atom stereocenters. The summed E-state index contributed by atoms with van der Waals surface area (Å²) in [6.45, 7) is 6.05. The first-order valence-corrected chi connectivity index (χ1v) is 47.8. The number of nitrogens with zero attached hydrogens (tertiary/aromatic N) is 4. The van der Waals surface area contributed by atoms with E-state index in [9.17, 15) is 53.1 Å². The van der Waals surface area contributed by atoms with Crippen LogP contribution in [0.5, 0.6) is 0 Å². The number of H-pyrrole nitrogens is 3. The number of hydrogen-bond donors (Lipinski definition) is 22. The summed E-state index contributed by atoms with van der Waals surface area (Å²) in [4.78, 5) is 280. The van der Waals surface area contributed by atoms with Crippen LogP contribution in [0.25, 0.3) is 21.8 Å². The van der Waals surface area contributed by atoms with E-state index >= 15 is 38.4 Å². The molecular weight excluding hydrogens is 1840 g/mol. The zero-order valence-corrected chi connectivity index (χ0v) is 80.1. The summed E-state index contributed by atoms with van der Waals surface area (Å²) in [6, 6.07) is 3.00. The van der Waals surface area contributed by atoms with Gasteiger partial charge in [-0.2, -0.15) is 0 Å². The molecule has 0 bridgehead atoms. The highest BCUT2D eigenvalue weighted by atomic mass is 32.2. The van der Waals surface area contributed by atoms with Crippen LogP contribution in [0, 0.1) is 11.3 Å². The SMILES string of the molecule is C.CCCC[C@@H]1NC(=O)[C@H](CCCC)N(C)C(=O)[C@H](Cc2c[nH]c3ccccc23)NC(=O)[C@H](CO)NC(=O)[C@H](Cc2c[nH]c3ccccc23)NC(=O)[C@H](CCNC(=O)c2ccco2)NC(=O)[C@H](CC(C)C)NC(=O)[C@H](Cc2cnc[nH]2)NC(=O)[C@@H]2CCCN2C(=O)[C@H](CC(N)=O)NC(=O)[C@H](C)N(C)C(=O)[C@H](Cc2ccccc2)NC(=O)CSC[C@@H](C(=O)NCC(N)=O)NC(=O)[C@H](CCCNC(=N)N)NC1=O. The number of fused-ring (bicyclic) bond motifs is 3. The fraction of sp³-hybridized carbons (Fsp3) is 0.495. The lowest BCUT2D eigenvalue weighted by molar-refractivity contribution is -0.145. The molecule has 2 saturated heterocycles. The van der Waals surface area contributed by atoms with Gasteiger partial charge in [0.1, 0.15) is 84.6 Å². The molecule has 0 saturated carbocycles. The lowest BCUT2D eigenvalue weighted by Crippen LogP contribution is -2.62. The van der Waals surface area contributed by atoms with Crippen molar-refractivity contribution in [3.05, 3.63) is 150 Å². The van der Waals surface area contributed by atoms with Crippen LogP contribution in [0.3, 0.4) is 0 Å². The zero-order chi connectivity index (χ0) is 102. The maximum absolute atomic E-state index is 15.7. The molecule has 6 heterocycles. The number of aromatic nitrogens is 4. The number of thioether (sulfide) groups is 1. The summed E-state index contributed by atoms with van der Waals surface area (Å²) < 4.78 is 5.31. The van der Waals surface area contributed by atoms with Crippen molar-refractivity contribution in [2.24, 2.45) is 23.1 Å². The molecule has 2 aliphatic heterocycles. The van der Waals surface area contributed by atoms with Gasteiger partial charge in [-0.1, -0.05) is 128 Å². The lowest BCUT2D eigenvalue weighted by Gasteiger charge is -2.33. The monoisotopic (exact) mass is 1980 g/mol. The average molecular weight is 1980 g/mol. The molecule has 25 N–H and O–H groups in total. The normalized spacial score (nSPS) is 23.0. The number of aliphatic hydroxyl groups excluding tert-OH is 1. The van der Waals surface area contributed by atoms with Crippen LogP contribution in [-0.4, -0.2) is 295 Å². The van der Waals surface area contributed by atoms with Crippen molar-refractivity contribution >= 4 is 146 Å². The summed E-state index contributed by atoms with van der Waals surface area (Å²) in [6.07, 6.45) is 6.07. The minimum atomic E-state index is -1.93. The molecule has 0 unspecified atom stereocenters. The van der Waals surface area contributed by atoms with Crippen molar-refractivity contribution in [2.45, 2.75) is 236 Å². The van der Waals surface area contributed by atoms with Gasteiger partial charge in [0, 0.05) is 111 Å². The molecule has 45 nitrogen and oxygen atoms in total. The number of guanidine groups is 1. The second-order valence-electron chi connectivity index (χ2n) is 35.1. The van der Waals surface area contributed by atoms with Crippen LogP contribution >= 0.6 is 11.8 Å². The maximum atomic E-state index is 15.7. The van der Waals surface area contributed by atoms with E-state index < -0.39 is 240 Å². The summed E-state index contributed by atoms with van der Waals surface area (Å²) in [5.41, 5.74) is 19.8. The molecule has 0 aliphatic carbocycles. The average Bonchev–Trinajstić information content (AvgIpc) is 1.80. The Labute approximate surface area is 819 Å². The fourth-order valence-electron chi connectivity index (χ4n) is 16.3. The number of benzene rings is 3. The molecule has 141 heavy (non-hydrogen) atoms. The molecule has 0 radical (unpaired) electrons. The van der Waals surface area contributed by atoms with E-state index in [1.165, 1.54) is 51.9 Å². The van der Waals surface area contributed by atoms with Crippen LogP contribution in [0.15, 0.2) is 127 Å². The first kappa shape index (κ1) is 112. The number of furan rings is 1. The number of carbonyl (C=O) groups excluding carboxylic acids is 18. The molecule has 3 aromatic carbocycles. The number of hydrogen-bond acceptors (Lipinski definition) is 23. The van der Waals surface area contributed by atoms with E-state index in [1.807, 2.05) is 13.8 Å². The Morgan fingerprint density at radius 2 is 1.06 bits per heavy atom. The zero-order valence-electron chi connectivity index (χ0n) is 79.3. The van der Waals surface area contributed by atoms with Crippen LogP contribution in [0.4, 0.5) is 0 Å². The summed E-state index contributed by atoms with van der Waals surface area (Å²) >= 11 is 0.782. The van der Waals surface area contributed by atoms with Gasteiger partial charge in [-0.15, -0.1) is 11.8 Å². The highest BCUT2D eigenvalue weighted by molar-refractivity contribution is 8.00. The lowest BCUT2D eigenvalue weighted by atomic mass is 10.0.